The van der Waals surface area contributed by atoms with Crippen molar-refractivity contribution in [2.24, 2.45) is 0 Å². The number of thioether (sulfide) groups is 1. The molecule has 1 N–H and O–H groups in total. The van der Waals surface area contributed by atoms with Gasteiger partial charge in [0.2, 0.25) is 0 Å². The standard InChI is InChI=1S/C11H23NOS/c1-9(13-2)8-12-10-5-4-6-11(7-10)14-3/h9-12H,4-8H2,1-3H3. The summed E-state index contributed by atoms with van der Waals surface area (Å²) in [6.07, 6.45) is 8.02. The second-order valence-electron chi connectivity index (χ2n) is 4.18. The van der Waals surface area contributed by atoms with Gasteiger partial charge >= 0.3 is 0 Å². The molecule has 1 aliphatic rings. The third-order valence-electron chi connectivity index (χ3n) is 3.06. The van der Waals surface area contributed by atoms with Crippen LogP contribution in [0.4, 0.5) is 0 Å². The highest BCUT2D eigenvalue weighted by molar-refractivity contribution is 7.99. The Labute approximate surface area is 92.2 Å². The lowest BCUT2D eigenvalue weighted by atomic mass is 9.95. The Morgan fingerprint density at radius 2 is 2.29 bits per heavy atom. The molecular weight excluding hydrogens is 194 g/mol. The summed E-state index contributed by atoms with van der Waals surface area (Å²) in [7, 11) is 1.78. The molecule has 0 aromatic carbocycles. The summed E-state index contributed by atoms with van der Waals surface area (Å²) < 4.78 is 5.23. The summed E-state index contributed by atoms with van der Waals surface area (Å²) in [4.78, 5) is 0. The van der Waals surface area contributed by atoms with Crippen LogP contribution in [0.5, 0.6) is 0 Å². The highest BCUT2D eigenvalue weighted by atomic mass is 32.2. The van der Waals surface area contributed by atoms with Gasteiger partial charge in [-0.15, -0.1) is 0 Å². The summed E-state index contributed by atoms with van der Waals surface area (Å²) in [5.74, 6) is 0. The Balaban J connectivity index is 2.17. The predicted octanol–water partition coefficient (Wildman–Crippen LogP) is 2.29. The molecule has 0 spiro atoms. The number of rotatable bonds is 5. The molecule has 3 heteroatoms. The van der Waals surface area contributed by atoms with E-state index >= 15 is 0 Å². The summed E-state index contributed by atoms with van der Waals surface area (Å²) in [6, 6.07) is 0.721. The van der Waals surface area contributed by atoms with Crippen LogP contribution in [0.15, 0.2) is 0 Å². The van der Waals surface area contributed by atoms with Crippen LogP contribution in [0.25, 0.3) is 0 Å². The van der Waals surface area contributed by atoms with E-state index in [9.17, 15) is 0 Å². The van der Waals surface area contributed by atoms with E-state index in [0.29, 0.717) is 6.10 Å². The summed E-state index contributed by atoms with van der Waals surface area (Å²) in [5.41, 5.74) is 0. The third-order valence-corrected chi connectivity index (χ3v) is 4.15. The first-order chi connectivity index (χ1) is 6.76. The van der Waals surface area contributed by atoms with Crippen LogP contribution in [0, 0.1) is 0 Å². The second-order valence-corrected chi connectivity index (χ2v) is 5.31. The maximum atomic E-state index is 5.23. The molecule has 1 fully saturated rings. The van der Waals surface area contributed by atoms with Gasteiger partial charge in [0.05, 0.1) is 6.10 Å². The van der Waals surface area contributed by atoms with Crippen molar-refractivity contribution in [3.05, 3.63) is 0 Å². The number of nitrogens with one attached hydrogen (secondary N) is 1. The quantitative estimate of drug-likeness (QED) is 0.763. The molecule has 0 amide bonds. The Kier molecular flexibility index (Phi) is 5.90. The molecule has 1 rings (SSSR count). The molecular formula is C11H23NOS. The lowest BCUT2D eigenvalue weighted by Crippen LogP contribution is -2.39. The Hall–Kier alpha value is 0.270. The van der Waals surface area contributed by atoms with Crippen LogP contribution in [0.3, 0.4) is 0 Å². The van der Waals surface area contributed by atoms with E-state index in [1.54, 1.807) is 7.11 Å². The molecule has 1 saturated carbocycles. The van der Waals surface area contributed by atoms with Gasteiger partial charge in [-0.25, -0.2) is 0 Å². The fourth-order valence-corrected chi connectivity index (χ4v) is 2.79. The van der Waals surface area contributed by atoms with E-state index in [1.807, 2.05) is 11.8 Å². The van der Waals surface area contributed by atoms with E-state index in [-0.39, 0.29) is 0 Å². The fraction of sp³-hybridized carbons (Fsp3) is 1.00. The summed E-state index contributed by atoms with van der Waals surface area (Å²) in [6.45, 7) is 3.10. The summed E-state index contributed by atoms with van der Waals surface area (Å²) in [5, 5.41) is 4.47. The minimum atomic E-state index is 0.338. The van der Waals surface area contributed by atoms with Gasteiger partial charge < -0.3 is 10.1 Å². The summed E-state index contributed by atoms with van der Waals surface area (Å²) >= 11 is 2.02. The van der Waals surface area contributed by atoms with Crippen LogP contribution in [-0.2, 0) is 4.74 Å². The number of methoxy groups -OCH3 is 1. The van der Waals surface area contributed by atoms with Gasteiger partial charge in [0.25, 0.3) is 0 Å². The lowest BCUT2D eigenvalue weighted by molar-refractivity contribution is 0.112. The average molecular weight is 217 g/mol. The molecule has 0 saturated heterocycles. The van der Waals surface area contributed by atoms with Gasteiger partial charge in [-0.2, -0.15) is 11.8 Å². The zero-order valence-corrected chi connectivity index (χ0v) is 10.4. The first-order valence-corrected chi connectivity index (χ1v) is 6.84. The minimum absolute atomic E-state index is 0.338. The van der Waals surface area contributed by atoms with E-state index in [1.165, 1.54) is 25.7 Å². The third kappa shape index (κ3) is 4.20. The molecule has 3 unspecified atom stereocenters. The molecule has 14 heavy (non-hydrogen) atoms. The highest BCUT2D eigenvalue weighted by Gasteiger charge is 2.20. The Morgan fingerprint density at radius 3 is 2.93 bits per heavy atom. The second kappa shape index (κ2) is 6.70. The number of hydrogen-bond acceptors (Lipinski definition) is 3. The van der Waals surface area contributed by atoms with Crippen molar-refractivity contribution in [3.8, 4) is 0 Å². The zero-order valence-electron chi connectivity index (χ0n) is 9.58. The van der Waals surface area contributed by atoms with Crippen LogP contribution in [0.1, 0.15) is 32.6 Å². The van der Waals surface area contributed by atoms with Crippen LogP contribution in [0.2, 0.25) is 0 Å². The molecule has 0 heterocycles. The van der Waals surface area contributed by atoms with Crippen molar-refractivity contribution in [3.63, 3.8) is 0 Å². The van der Waals surface area contributed by atoms with Gasteiger partial charge in [0, 0.05) is 24.9 Å². The van der Waals surface area contributed by atoms with Crippen molar-refractivity contribution in [1.82, 2.24) is 5.32 Å². The molecule has 0 aromatic rings. The average Bonchev–Trinajstić information content (AvgIpc) is 2.26. The molecule has 3 atom stereocenters. The molecule has 2 nitrogen and oxygen atoms in total. The van der Waals surface area contributed by atoms with E-state index in [0.717, 1.165) is 17.8 Å². The van der Waals surface area contributed by atoms with Gasteiger partial charge in [-0.05, 0) is 32.4 Å². The zero-order chi connectivity index (χ0) is 10.4. The van der Waals surface area contributed by atoms with Crippen LogP contribution in [-0.4, -0.2) is 37.3 Å². The molecule has 0 bridgehead atoms. The van der Waals surface area contributed by atoms with Crippen LogP contribution < -0.4 is 5.32 Å². The van der Waals surface area contributed by atoms with Crippen LogP contribution >= 0.6 is 11.8 Å². The van der Waals surface area contributed by atoms with E-state index in [2.05, 4.69) is 18.5 Å². The maximum Gasteiger partial charge on any atom is 0.0667 e. The fourth-order valence-electron chi connectivity index (χ4n) is 1.96. The van der Waals surface area contributed by atoms with Crippen molar-refractivity contribution in [2.75, 3.05) is 19.9 Å². The molecule has 0 aromatic heterocycles. The van der Waals surface area contributed by atoms with Crippen molar-refractivity contribution in [1.29, 1.82) is 0 Å². The molecule has 0 radical (unpaired) electrons. The maximum absolute atomic E-state index is 5.23. The Bertz CT molecular complexity index is 154. The minimum Gasteiger partial charge on any atom is -0.380 e. The van der Waals surface area contributed by atoms with Gasteiger partial charge in [0.15, 0.2) is 0 Å². The smallest absolute Gasteiger partial charge is 0.0667 e. The number of hydrogen-bond donors (Lipinski definition) is 1. The van der Waals surface area contributed by atoms with Gasteiger partial charge in [-0.1, -0.05) is 6.42 Å². The van der Waals surface area contributed by atoms with E-state index in [4.69, 9.17) is 4.74 Å². The highest BCUT2D eigenvalue weighted by Crippen LogP contribution is 2.26. The first-order valence-electron chi connectivity index (χ1n) is 5.55. The number of ether oxygens (including phenoxy) is 1. The molecule has 0 aliphatic heterocycles. The topological polar surface area (TPSA) is 21.3 Å². The van der Waals surface area contributed by atoms with E-state index < -0.39 is 0 Å². The van der Waals surface area contributed by atoms with Crippen molar-refractivity contribution < 1.29 is 4.74 Å². The lowest BCUT2D eigenvalue weighted by Gasteiger charge is -2.29. The first kappa shape index (κ1) is 12.3. The van der Waals surface area contributed by atoms with Crippen molar-refractivity contribution in [2.45, 2.75) is 50.0 Å². The Morgan fingerprint density at radius 1 is 1.50 bits per heavy atom. The largest absolute Gasteiger partial charge is 0.380 e. The monoisotopic (exact) mass is 217 g/mol. The molecule has 84 valence electrons. The van der Waals surface area contributed by atoms with Crippen molar-refractivity contribution >= 4 is 11.8 Å². The van der Waals surface area contributed by atoms with Gasteiger partial charge in [-0.3, -0.25) is 0 Å². The normalized spacial score (nSPS) is 30.2. The van der Waals surface area contributed by atoms with Gasteiger partial charge in [0.1, 0.15) is 0 Å². The predicted molar refractivity (Wildman–Crippen MR) is 64.0 cm³/mol. The SMILES string of the molecule is COC(C)CNC1CCCC(SC)C1. The molecule has 1 aliphatic carbocycles.